The molecule has 2 rings (SSSR count). The average molecular weight is 151 g/mol. The summed E-state index contributed by atoms with van der Waals surface area (Å²) in [5.74, 6) is -0.340. The van der Waals surface area contributed by atoms with Crippen LogP contribution in [-0.4, -0.2) is 11.0 Å². The topological polar surface area (TPSA) is 29.3 Å². The molecule has 0 spiro atoms. The summed E-state index contributed by atoms with van der Waals surface area (Å²) in [6, 6.07) is 2.99. The van der Waals surface area contributed by atoms with Crippen LogP contribution in [-0.2, 0) is 0 Å². The van der Waals surface area contributed by atoms with Gasteiger partial charge in [-0.1, -0.05) is 6.58 Å². The maximum atomic E-state index is 12.8. The van der Waals surface area contributed by atoms with Gasteiger partial charge in [-0.15, -0.1) is 0 Å². The summed E-state index contributed by atoms with van der Waals surface area (Å²) in [5.41, 5.74) is 3.85. The SMILES string of the molecule is C=C1N=CNn2c(F)ccc21. The van der Waals surface area contributed by atoms with Crippen LogP contribution in [0.5, 0.6) is 0 Å². The van der Waals surface area contributed by atoms with Crippen LogP contribution in [0.4, 0.5) is 4.39 Å². The molecule has 2 heterocycles. The molecule has 0 unspecified atom stereocenters. The van der Waals surface area contributed by atoms with Crippen LogP contribution in [0.1, 0.15) is 5.69 Å². The smallest absolute Gasteiger partial charge is 0.212 e. The van der Waals surface area contributed by atoms with E-state index < -0.39 is 0 Å². The van der Waals surface area contributed by atoms with E-state index >= 15 is 0 Å². The van der Waals surface area contributed by atoms with Gasteiger partial charge in [0.15, 0.2) is 0 Å². The van der Waals surface area contributed by atoms with Crippen molar-refractivity contribution in [1.29, 1.82) is 0 Å². The summed E-state index contributed by atoms with van der Waals surface area (Å²) in [6.45, 7) is 3.64. The molecule has 0 amide bonds. The number of rotatable bonds is 0. The monoisotopic (exact) mass is 151 g/mol. The molecule has 0 bridgehead atoms. The molecular formula is C7H6FN3. The van der Waals surface area contributed by atoms with Crippen molar-refractivity contribution in [2.24, 2.45) is 4.99 Å². The third-order valence-corrected chi connectivity index (χ3v) is 1.54. The van der Waals surface area contributed by atoms with Crippen LogP contribution in [0.2, 0.25) is 0 Å². The molecule has 1 N–H and O–H groups in total. The van der Waals surface area contributed by atoms with E-state index in [2.05, 4.69) is 17.0 Å². The van der Waals surface area contributed by atoms with Gasteiger partial charge in [0, 0.05) is 0 Å². The average Bonchev–Trinajstić information content (AvgIpc) is 2.35. The number of fused-ring (bicyclic) bond motifs is 1. The van der Waals surface area contributed by atoms with Crippen LogP contribution in [0.25, 0.3) is 5.70 Å². The lowest BCUT2D eigenvalue weighted by atomic mass is 10.3. The molecule has 11 heavy (non-hydrogen) atoms. The van der Waals surface area contributed by atoms with E-state index in [9.17, 15) is 4.39 Å². The highest BCUT2D eigenvalue weighted by molar-refractivity contribution is 5.78. The van der Waals surface area contributed by atoms with Gasteiger partial charge in [-0.2, -0.15) is 4.39 Å². The number of halogens is 1. The molecule has 1 aromatic heterocycles. The Morgan fingerprint density at radius 1 is 1.55 bits per heavy atom. The van der Waals surface area contributed by atoms with Crippen LogP contribution < -0.4 is 5.43 Å². The Bertz CT molecular complexity index is 337. The van der Waals surface area contributed by atoms with Crippen molar-refractivity contribution in [3.8, 4) is 0 Å². The summed E-state index contributed by atoms with van der Waals surface area (Å²) in [5, 5.41) is 0. The molecule has 4 heteroatoms. The Hall–Kier alpha value is -1.58. The lowest BCUT2D eigenvalue weighted by Gasteiger charge is -2.12. The van der Waals surface area contributed by atoms with E-state index in [1.54, 1.807) is 6.07 Å². The number of nitrogens with zero attached hydrogens (tertiary/aromatic N) is 2. The highest BCUT2D eigenvalue weighted by Crippen LogP contribution is 2.17. The van der Waals surface area contributed by atoms with Crippen molar-refractivity contribution in [2.45, 2.75) is 0 Å². The summed E-state index contributed by atoms with van der Waals surface area (Å²) >= 11 is 0. The van der Waals surface area contributed by atoms with Crippen LogP contribution in [0, 0.1) is 5.95 Å². The van der Waals surface area contributed by atoms with Crippen molar-refractivity contribution < 1.29 is 4.39 Å². The fraction of sp³-hybridized carbons (Fsp3) is 0. The van der Waals surface area contributed by atoms with Crippen LogP contribution >= 0.6 is 0 Å². The second-order valence-corrected chi connectivity index (χ2v) is 2.21. The Balaban J connectivity index is 2.61. The summed E-state index contributed by atoms with van der Waals surface area (Å²) in [4.78, 5) is 3.87. The molecule has 0 radical (unpaired) electrons. The molecule has 0 aromatic carbocycles. The van der Waals surface area contributed by atoms with Gasteiger partial charge in [0.2, 0.25) is 5.95 Å². The molecular weight excluding hydrogens is 145 g/mol. The molecule has 56 valence electrons. The number of aliphatic imine (C=N–C) groups is 1. The second kappa shape index (κ2) is 1.95. The first-order valence-electron chi connectivity index (χ1n) is 3.14. The molecule has 0 fully saturated rings. The third kappa shape index (κ3) is 0.756. The molecule has 0 aliphatic carbocycles. The Morgan fingerprint density at radius 3 is 3.09 bits per heavy atom. The minimum absolute atomic E-state index is 0.340. The quantitative estimate of drug-likeness (QED) is 0.592. The standard InChI is InChI=1S/C7H6FN3/c1-5-6-2-3-7(8)11(6)10-4-9-5/h2-4H,1H2,(H,9,10). The fourth-order valence-corrected chi connectivity index (χ4v) is 0.999. The van der Waals surface area contributed by atoms with Gasteiger partial charge < -0.3 is 0 Å². The van der Waals surface area contributed by atoms with Crippen molar-refractivity contribution in [2.75, 3.05) is 5.43 Å². The molecule has 0 saturated heterocycles. The number of hydrogen-bond acceptors (Lipinski definition) is 2. The van der Waals surface area contributed by atoms with E-state index in [-0.39, 0.29) is 5.95 Å². The number of aromatic nitrogens is 1. The number of nitrogens with one attached hydrogen (secondary N) is 1. The number of hydrogen-bond donors (Lipinski definition) is 1. The Labute approximate surface area is 62.8 Å². The van der Waals surface area contributed by atoms with Crippen molar-refractivity contribution in [3.63, 3.8) is 0 Å². The van der Waals surface area contributed by atoms with Crippen molar-refractivity contribution >= 4 is 12.0 Å². The normalized spacial score (nSPS) is 14.5. The molecule has 0 atom stereocenters. The van der Waals surface area contributed by atoms with E-state index in [0.29, 0.717) is 11.4 Å². The first kappa shape index (κ1) is 6.15. The van der Waals surface area contributed by atoms with Gasteiger partial charge in [-0.3, -0.25) is 5.43 Å². The van der Waals surface area contributed by atoms with E-state index in [1.807, 2.05) is 0 Å². The first-order chi connectivity index (χ1) is 5.29. The lowest BCUT2D eigenvalue weighted by molar-refractivity contribution is 0.544. The van der Waals surface area contributed by atoms with Crippen molar-refractivity contribution in [3.05, 3.63) is 30.4 Å². The maximum absolute atomic E-state index is 12.8. The predicted octanol–water partition coefficient (Wildman–Crippen LogP) is 1.18. The highest BCUT2D eigenvalue weighted by atomic mass is 19.1. The molecule has 1 aliphatic heterocycles. The van der Waals surface area contributed by atoms with E-state index in [4.69, 9.17) is 0 Å². The molecule has 0 saturated carbocycles. The lowest BCUT2D eigenvalue weighted by Crippen LogP contribution is -2.20. The summed E-state index contributed by atoms with van der Waals surface area (Å²) < 4.78 is 14.1. The van der Waals surface area contributed by atoms with Gasteiger partial charge in [-0.25, -0.2) is 9.67 Å². The minimum atomic E-state index is -0.340. The van der Waals surface area contributed by atoms with Gasteiger partial charge >= 0.3 is 0 Å². The molecule has 1 aliphatic rings. The van der Waals surface area contributed by atoms with E-state index in [0.717, 1.165) is 0 Å². The van der Waals surface area contributed by atoms with Crippen molar-refractivity contribution in [1.82, 2.24) is 4.68 Å². The van der Waals surface area contributed by atoms with Crippen LogP contribution in [0.15, 0.2) is 23.7 Å². The summed E-state index contributed by atoms with van der Waals surface area (Å²) in [7, 11) is 0. The highest BCUT2D eigenvalue weighted by Gasteiger charge is 2.11. The van der Waals surface area contributed by atoms with E-state index in [1.165, 1.54) is 17.1 Å². The third-order valence-electron chi connectivity index (χ3n) is 1.54. The zero-order chi connectivity index (χ0) is 7.84. The van der Waals surface area contributed by atoms with Gasteiger partial charge in [0.1, 0.15) is 6.34 Å². The second-order valence-electron chi connectivity index (χ2n) is 2.21. The zero-order valence-corrected chi connectivity index (χ0v) is 5.71. The van der Waals surface area contributed by atoms with Gasteiger partial charge in [-0.05, 0) is 12.1 Å². The largest absolute Gasteiger partial charge is 0.281 e. The first-order valence-corrected chi connectivity index (χ1v) is 3.14. The maximum Gasteiger partial charge on any atom is 0.212 e. The van der Waals surface area contributed by atoms with Gasteiger partial charge in [0.05, 0.1) is 11.4 Å². The molecule has 3 nitrogen and oxygen atoms in total. The summed E-state index contributed by atoms with van der Waals surface area (Å²) in [6.07, 6.45) is 1.40. The zero-order valence-electron chi connectivity index (χ0n) is 5.71. The fourth-order valence-electron chi connectivity index (χ4n) is 0.999. The Morgan fingerprint density at radius 2 is 2.36 bits per heavy atom. The minimum Gasteiger partial charge on any atom is -0.281 e. The van der Waals surface area contributed by atoms with Gasteiger partial charge in [0.25, 0.3) is 0 Å². The Kier molecular flexibility index (Phi) is 1.09. The predicted molar refractivity (Wildman–Crippen MR) is 41.3 cm³/mol. The van der Waals surface area contributed by atoms with Crippen LogP contribution in [0.3, 0.4) is 0 Å². The molecule has 1 aromatic rings.